The molecule has 0 N–H and O–H groups in total. The molecule has 0 amide bonds. The quantitative estimate of drug-likeness (QED) is 0.563. The van der Waals surface area contributed by atoms with Crippen LogP contribution in [-0.4, -0.2) is 12.1 Å². The van der Waals surface area contributed by atoms with Crippen molar-refractivity contribution in [1.82, 2.24) is 0 Å². The molecule has 0 aromatic heterocycles. The summed E-state index contributed by atoms with van der Waals surface area (Å²) in [7, 11) is 0. The first kappa shape index (κ1) is 16.6. The van der Waals surface area contributed by atoms with E-state index in [0.29, 0.717) is 12.3 Å². The lowest BCUT2D eigenvalue weighted by Crippen LogP contribution is -2.44. The molecule has 3 rings (SSSR count). The predicted octanol–water partition coefficient (Wildman–Crippen LogP) is 4.63. The molecule has 0 spiro atoms. The van der Waals surface area contributed by atoms with Crippen molar-refractivity contribution >= 4 is 5.97 Å². The fraction of sp³-hybridized carbons (Fsp3) is 0.800. The Labute approximate surface area is 140 Å². The predicted molar refractivity (Wildman–Crippen MR) is 89.3 cm³/mol. The average Bonchev–Trinajstić information content (AvgIpc) is 2.52. The summed E-state index contributed by atoms with van der Waals surface area (Å²) >= 11 is 0. The number of carbonyl (C=O) groups is 1. The van der Waals surface area contributed by atoms with Gasteiger partial charge in [0.05, 0.1) is 6.07 Å². The molecule has 3 heteroatoms. The lowest BCUT2D eigenvalue weighted by Gasteiger charge is -2.52. The molecule has 0 bridgehead atoms. The van der Waals surface area contributed by atoms with Gasteiger partial charge < -0.3 is 4.74 Å². The van der Waals surface area contributed by atoms with Crippen LogP contribution in [0.1, 0.15) is 64.7 Å². The molecule has 3 nitrogen and oxygen atoms in total. The van der Waals surface area contributed by atoms with Crippen LogP contribution in [0.2, 0.25) is 0 Å². The summed E-state index contributed by atoms with van der Waals surface area (Å²) in [5.41, 5.74) is 1.40. The molecule has 3 fully saturated rings. The Hall–Kier alpha value is -1.30. The first-order chi connectivity index (χ1) is 11.1. The minimum atomic E-state index is -0.132. The number of nitriles is 1. The fourth-order valence-electron chi connectivity index (χ4n) is 5.83. The second kappa shape index (κ2) is 7.07. The van der Waals surface area contributed by atoms with Gasteiger partial charge in [0, 0.05) is 13.3 Å². The molecule has 0 aromatic rings. The lowest BCUT2D eigenvalue weighted by atomic mass is 9.54. The van der Waals surface area contributed by atoms with Crippen LogP contribution in [-0.2, 0) is 9.53 Å². The molecule has 0 aromatic carbocycles. The van der Waals surface area contributed by atoms with Crippen LogP contribution in [0.3, 0.4) is 0 Å². The number of hydrogen-bond donors (Lipinski definition) is 0. The monoisotopic (exact) mass is 315 g/mol. The van der Waals surface area contributed by atoms with Gasteiger partial charge >= 0.3 is 5.97 Å². The van der Waals surface area contributed by atoms with Crippen LogP contribution in [0, 0.1) is 40.9 Å². The largest absolute Gasteiger partial charge is 0.463 e. The van der Waals surface area contributed by atoms with Crippen molar-refractivity contribution in [2.75, 3.05) is 0 Å². The Morgan fingerprint density at radius 3 is 2.74 bits per heavy atom. The average molecular weight is 315 g/mol. The van der Waals surface area contributed by atoms with E-state index in [1.165, 1.54) is 38.2 Å². The van der Waals surface area contributed by atoms with E-state index in [1.807, 2.05) is 0 Å². The third kappa shape index (κ3) is 3.47. The van der Waals surface area contributed by atoms with E-state index in [4.69, 9.17) is 10.00 Å². The van der Waals surface area contributed by atoms with Gasteiger partial charge in [0.2, 0.25) is 0 Å². The number of ether oxygens (including phenoxy) is 1. The highest BCUT2D eigenvalue weighted by atomic mass is 16.5. The van der Waals surface area contributed by atoms with E-state index in [-0.39, 0.29) is 12.1 Å². The number of fused-ring (bicyclic) bond motifs is 3. The minimum Gasteiger partial charge on any atom is -0.463 e. The Bertz CT molecular complexity index is 506. The Morgan fingerprint density at radius 1 is 1.22 bits per heavy atom. The molecular weight excluding hydrogens is 286 g/mol. The zero-order chi connectivity index (χ0) is 16.4. The molecule has 3 saturated carbocycles. The summed E-state index contributed by atoms with van der Waals surface area (Å²) in [5.74, 6) is 3.53. The molecular formula is C20H29NO2. The first-order valence-corrected chi connectivity index (χ1v) is 9.32. The van der Waals surface area contributed by atoms with Gasteiger partial charge in [0.15, 0.2) is 0 Å². The molecule has 0 aliphatic heterocycles. The van der Waals surface area contributed by atoms with E-state index in [0.717, 1.165) is 49.4 Å². The highest BCUT2D eigenvalue weighted by Gasteiger charge is 2.47. The van der Waals surface area contributed by atoms with Gasteiger partial charge in [-0.15, -0.1) is 0 Å². The maximum absolute atomic E-state index is 11.2. The molecule has 0 unspecified atom stereocenters. The summed E-state index contributed by atoms with van der Waals surface area (Å²) in [6, 6.07) is 2.32. The van der Waals surface area contributed by atoms with Crippen molar-refractivity contribution in [2.24, 2.45) is 29.6 Å². The number of hydrogen-bond acceptors (Lipinski definition) is 3. The zero-order valence-electron chi connectivity index (χ0n) is 14.3. The zero-order valence-corrected chi connectivity index (χ0v) is 14.3. The second-order valence-electron chi connectivity index (χ2n) is 7.87. The van der Waals surface area contributed by atoms with Gasteiger partial charge in [-0.05, 0) is 81.0 Å². The van der Waals surface area contributed by atoms with Gasteiger partial charge in [-0.25, -0.2) is 0 Å². The molecule has 126 valence electrons. The van der Waals surface area contributed by atoms with Gasteiger partial charge in [-0.1, -0.05) is 12.2 Å². The summed E-state index contributed by atoms with van der Waals surface area (Å²) in [4.78, 5) is 11.2. The van der Waals surface area contributed by atoms with Crippen molar-refractivity contribution in [2.45, 2.75) is 70.8 Å². The fourth-order valence-corrected chi connectivity index (χ4v) is 5.83. The Morgan fingerprint density at radius 2 is 2.00 bits per heavy atom. The number of allylic oxidation sites excluding steroid dienone is 1. The number of esters is 1. The summed E-state index contributed by atoms with van der Waals surface area (Å²) in [6.45, 7) is 5.84. The van der Waals surface area contributed by atoms with Gasteiger partial charge in [-0.3, -0.25) is 4.79 Å². The Kier molecular flexibility index (Phi) is 5.09. The van der Waals surface area contributed by atoms with Crippen molar-refractivity contribution in [3.05, 3.63) is 12.2 Å². The van der Waals surface area contributed by atoms with Crippen LogP contribution >= 0.6 is 0 Å². The first-order valence-electron chi connectivity index (χ1n) is 9.32. The second-order valence-corrected chi connectivity index (χ2v) is 7.87. The topological polar surface area (TPSA) is 50.1 Å². The van der Waals surface area contributed by atoms with E-state index >= 15 is 0 Å². The molecule has 3 aliphatic carbocycles. The summed E-state index contributed by atoms with van der Waals surface area (Å²) < 4.78 is 5.48. The smallest absolute Gasteiger partial charge is 0.302 e. The summed E-state index contributed by atoms with van der Waals surface area (Å²) in [5, 5.41) is 8.95. The normalized spacial score (nSPS) is 39.7. The van der Waals surface area contributed by atoms with E-state index in [2.05, 4.69) is 12.6 Å². The number of nitrogens with zero attached hydrogens (tertiary/aromatic N) is 1. The SMILES string of the molecule is C=C1CC[C@H]2[C@@H](CC[C@H]3C[C@@H](OC(C)=O)CC[C@@H]32)[C@@H]1CCC#N. The van der Waals surface area contributed by atoms with E-state index in [9.17, 15) is 4.79 Å². The summed E-state index contributed by atoms with van der Waals surface area (Å²) in [6.07, 6.45) is 10.1. The van der Waals surface area contributed by atoms with Crippen LogP contribution in [0.5, 0.6) is 0 Å². The van der Waals surface area contributed by atoms with Gasteiger partial charge in [-0.2, -0.15) is 5.26 Å². The highest BCUT2D eigenvalue weighted by molar-refractivity contribution is 5.66. The van der Waals surface area contributed by atoms with Gasteiger partial charge in [0.25, 0.3) is 0 Å². The van der Waals surface area contributed by atoms with Crippen LogP contribution < -0.4 is 0 Å². The molecule has 23 heavy (non-hydrogen) atoms. The van der Waals surface area contributed by atoms with Crippen LogP contribution in [0.15, 0.2) is 12.2 Å². The third-order valence-electron chi connectivity index (χ3n) is 6.70. The Balaban J connectivity index is 1.67. The molecule has 0 saturated heterocycles. The molecule has 6 atom stereocenters. The maximum atomic E-state index is 11.2. The van der Waals surface area contributed by atoms with Crippen molar-refractivity contribution in [1.29, 1.82) is 5.26 Å². The molecule has 3 aliphatic rings. The minimum absolute atomic E-state index is 0.132. The lowest BCUT2D eigenvalue weighted by molar-refractivity contribution is -0.151. The number of rotatable bonds is 3. The van der Waals surface area contributed by atoms with Crippen molar-refractivity contribution in [3.63, 3.8) is 0 Å². The third-order valence-corrected chi connectivity index (χ3v) is 6.70. The van der Waals surface area contributed by atoms with Crippen molar-refractivity contribution in [3.8, 4) is 6.07 Å². The van der Waals surface area contributed by atoms with Crippen LogP contribution in [0.4, 0.5) is 0 Å². The van der Waals surface area contributed by atoms with Gasteiger partial charge in [0.1, 0.15) is 6.10 Å². The highest BCUT2D eigenvalue weighted by Crippen LogP contribution is 2.55. The van der Waals surface area contributed by atoms with E-state index < -0.39 is 0 Å². The van der Waals surface area contributed by atoms with Crippen molar-refractivity contribution < 1.29 is 9.53 Å². The standard InChI is InChI=1S/C20H29NO2/c1-13-5-8-20-18-10-7-16(23-14(2)22)12-15(18)6-9-19(20)17(13)4-3-11-21/h15-20H,1,3-10,12H2,2H3/t15-,16-,17+,18-,19-,20+/m0/s1. The maximum Gasteiger partial charge on any atom is 0.302 e. The number of carbonyl (C=O) groups excluding carboxylic acids is 1. The molecule has 0 radical (unpaired) electrons. The van der Waals surface area contributed by atoms with Crippen LogP contribution in [0.25, 0.3) is 0 Å². The van der Waals surface area contributed by atoms with E-state index in [1.54, 1.807) is 0 Å². The molecule has 0 heterocycles.